The summed E-state index contributed by atoms with van der Waals surface area (Å²) in [5.74, 6) is 0.410. The number of benzene rings is 1. The maximum atomic E-state index is 12.0. The van der Waals surface area contributed by atoms with E-state index in [4.69, 9.17) is 0 Å². The van der Waals surface area contributed by atoms with Gasteiger partial charge in [-0.3, -0.25) is 4.79 Å². The van der Waals surface area contributed by atoms with Crippen molar-refractivity contribution in [2.24, 2.45) is 0 Å². The number of nitrogens with one attached hydrogen (secondary N) is 2. The number of hydrogen-bond donors (Lipinski definition) is 2. The second kappa shape index (κ2) is 5.46. The van der Waals surface area contributed by atoms with E-state index in [0.717, 1.165) is 13.1 Å². The molecule has 1 aliphatic heterocycles. The van der Waals surface area contributed by atoms with Gasteiger partial charge in [0.1, 0.15) is 0 Å². The molecule has 0 saturated carbocycles. The van der Waals surface area contributed by atoms with E-state index in [1.165, 1.54) is 16.7 Å². The molecular formula is C15H18N4O. The molecule has 1 aromatic heterocycles. The summed E-state index contributed by atoms with van der Waals surface area (Å²) in [5.41, 5.74) is 3.80. The molecule has 0 atom stereocenters. The third kappa shape index (κ3) is 2.44. The summed E-state index contributed by atoms with van der Waals surface area (Å²) in [7, 11) is 0. The van der Waals surface area contributed by atoms with Gasteiger partial charge in [-0.2, -0.15) is 0 Å². The first-order valence-electron chi connectivity index (χ1n) is 6.88. The molecule has 0 spiro atoms. The van der Waals surface area contributed by atoms with Gasteiger partial charge in [-0.25, -0.2) is 4.98 Å². The lowest BCUT2D eigenvalue weighted by Gasteiger charge is -2.08. The van der Waals surface area contributed by atoms with Gasteiger partial charge in [0.05, 0.1) is 0 Å². The first-order valence-corrected chi connectivity index (χ1v) is 6.88. The monoisotopic (exact) mass is 270 g/mol. The minimum atomic E-state index is -0.0715. The minimum Gasteiger partial charge on any atom is -0.361 e. The molecule has 0 radical (unpaired) electrons. The van der Waals surface area contributed by atoms with Crippen LogP contribution >= 0.6 is 0 Å². The third-order valence-corrected chi connectivity index (χ3v) is 3.62. The summed E-state index contributed by atoms with van der Waals surface area (Å²) in [5, 5.41) is 6.46. The highest BCUT2D eigenvalue weighted by Crippen LogP contribution is 2.17. The highest BCUT2D eigenvalue weighted by Gasteiger charge is 2.10. The van der Waals surface area contributed by atoms with Crippen molar-refractivity contribution in [1.29, 1.82) is 0 Å². The Kier molecular flexibility index (Phi) is 3.52. The topological polar surface area (TPSA) is 59.0 Å². The lowest BCUT2D eigenvalue weighted by molar-refractivity contribution is 0.718. The van der Waals surface area contributed by atoms with Crippen molar-refractivity contribution in [3.05, 3.63) is 57.6 Å². The number of aryl methyl sites for hydroxylation is 1. The van der Waals surface area contributed by atoms with Crippen molar-refractivity contribution in [1.82, 2.24) is 14.9 Å². The Labute approximate surface area is 117 Å². The van der Waals surface area contributed by atoms with Gasteiger partial charge in [0.2, 0.25) is 0 Å². The SMILES string of the molecule is CCn1ccnc(NCc2ccc3c(c2)CNC3)c1=O. The molecule has 0 aliphatic carbocycles. The first kappa shape index (κ1) is 12.9. The van der Waals surface area contributed by atoms with Crippen molar-refractivity contribution >= 4 is 5.82 Å². The van der Waals surface area contributed by atoms with Crippen LogP contribution in [0.25, 0.3) is 0 Å². The van der Waals surface area contributed by atoms with E-state index in [1.807, 2.05) is 6.92 Å². The lowest BCUT2D eigenvalue weighted by Crippen LogP contribution is -2.23. The highest BCUT2D eigenvalue weighted by molar-refractivity contribution is 5.37. The Balaban J connectivity index is 1.75. The van der Waals surface area contributed by atoms with E-state index in [-0.39, 0.29) is 5.56 Å². The zero-order valence-electron chi connectivity index (χ0n) is 11.5. The molecule has 5 heteroatoms. The Morgan fingerprint density at radius 3 is 3.05 bits per heavy atom. The largest absolute Gasteiger partial charge is 0.361 e. The van der Waals surface area contributed by atoms with Crippen molar-refractivity contribution < 1.29 is 0 Å². The van der Waals surface area contributed by atoms with Crippen molar-refractivity contribution in [2.45, 2.75) is 33.1 Å². The van der Waals surface area contributed by atoms with Gasteiger partial charge >= 0.3 is 0 Å². The molecule has 0 unspecified atom stereocenters. The first-order chi connectivity index (χ1) is 9.78. The van der Waals surface area contributed by atoms with Crippen molar-refractivity contribution in [3.63, 3.8) is 0 Å². The molecule has 3 rings (SSSR count). The molecule has 0 fully saturated rings. The predicted octanol–water partition coefficient (Wildman–Crippen LogP) is 1.48. The Morgan fingerprint density at radius 2 is 2.20 bits per heavy atom. The zero-order valence-corrected chi connectivity index (χ0v) is 11.5. The highest BCUT2D eigenvalue weighted by atomic mass is 16.1. The molecule has 104 valence electrons. The number of rotatable bonds is 4. The summed E-state index contributed by atoms with van der Waals surface area (Å²) in [6.45, 7) is 5.09. The average molecular weight is 270 g/mol. The molecule has 20 heavy (non-hydrogen) atoms. The fraction of sp³-hybridized carbons (Fsp3) is 0.333. The van der Waals surface area contributed by atoms with Crippen LogP contribution in [0, 0.1) is 0 Å². The van der Waals surface area contributed by atoms with Crippen LogP contribution in [0.4, 0.5) is 5.82 Å². The van der Waals surface area contributed by atoms with Gasteiger partial charge in [0.25, 0.3) is 5.56 Å². The molecule has 1 aliphatic rings. The Hall–Kier alpha value is -2.14. The van der Waals surface area contributed by atoms with Crippen molar-refractivity contribution in [3.8, 4) is 0 Å². The number of nitrogens with zero attached hydrogens (tertiary/aromatic N) is 2. The van der Waals surface area contributed by atoms with Crippen LogP contribution in [0.1, 0.15) is 23.6 Å². The molecule has 0 saturated heterocycles. The van der Waals surface area contributed by atoms with Crippen molar-refractivity contribution in [2.75, 3.05) is 5.32 Å². The number of hydrogen-bond acceptors (Lipinski definition) is 4. The Bertz CT molecular complexity index is 678. The summed E-state index contributed by atoms with van der Waals surface area (Å²) in [6, 6.07) is 6.43. The van der Waals surface area contributed by atoms with E-state index < -0.39 is 0 Å². The minimum absolute atomic E-state index is 0.0715. The van der Waals surface area contributed by atoms with Gasteiger partial charge in [-0.05, 0) is 23.6 Å². The van der Waals surface area contributed by atoms with Crippen LogP contribution in [-0.2, 0) is 26.2 Å². The van der Waals surface area contributed by atoms with Gasteiger partial charge in [0.15, 0.2) is 5.82 Å². The molecular weight excluding hydrogens is 252 g/mol. The van der Waals surface area contributed by atoms with Crippen LogP contribution in [0.2, 0.25) is 0 Å². The lowest BCUT2D eigenvalue weighted by atomic mass is 10.1. The van der Waals surface area contributed by atoms with Crippen LogP contribution in [0.15, 0.2) is 35.4 Å². The van der Waals surface area contributed by atoms with Gasteiger partial charge in [-0.15, -0.1) is 0 Å². The summed E-state index contributed by atoms with van der Waals surface area (Å²) >= 11 is 0. The van der Waals surface area contributed by atoms with E-state index >= 15 is 0 Å². The standard InChI is InChI=1S/C15H18N4O/c1-2-19-6-5-17-14(15(19)20)18-8-11-3-4-12-9-16-10-13(12)7-11/h3-7,16H,2,8-10H2,1H3,(H,17,18). The van der Waals surface area contributed by atoms with Crippen LogP contribution in [0.3, 0.4) is 0 Å². The van der Waals surface area contributed by atoms with E-state index in [0.29, 0.717) is 18.9 Å². The van der Waals surface area contributed by atoms with Gasteiger partial charge in [-0.1, -0.05) is 18.2 Å². The van der Waals surface area contributed by atoms with E-state index in [1.54, 1.807) is 17.0 Å². The second-order valence-corrected chi connectivity index (χ2v) is 4.93. The third-order valence-electron chi connectivity index (χ3n) is 3.62. The van der Waals surface area contributed by atoms with Gasteiger partial charge in [0, 0.05) is 38.6 Å². The van der Waals surface area contributed by atoms with Gasteiger partial charge < -0.3 is 15.2 Å². The van der Waals surface area contributed by atoms with Crippen LogP contribution in [0.5, 0.6) is 0 Å². The summed E-state index contributed by atoms with van der Waals surface area (Å²) < 4.78 is 1.64. The quantitative estimate of drug-likeness (QED) is 0.883. The number of fused-ring (bicyclic) bond motifs is 1. The normalized spacial score (nSPS) is 13.2. The second-order valence-electron chi connectivity index (χ2n) is 4.93. The Morgan fingerprint density at radius 1 is 1.35 bits per heavy atom. The van der Waals surface area contributed by atoms with E-state index in [9.17, 15) is 4.79 Å². The zero-order chi connectivity index (χ0) is 13.9. The molecule has 0 amide bonds. The molecule has 5 nitrogen and oxygen atoms in total. The van der Waals surface area contributed by atoms with Crippen LogP contribution in [-0.4, -0.2) is 9.55 Å². The van der Waals surface area contributed by atoms with Crippen LogP contribution < -0.4 is 16.2 Å². The molecule has 2 heterocycles. The maximum absolute atomic E-state index is 12.0. The molecule has 1 aromatic carbocycles. The van der Waals surface area contributed by atoms with E-state index in [2.05, 4.69) is 33.8 Å². The molecule has 2 N–H and O–H groups in total. The number of aromatic nitrogens is 2. The molecule has 2 aromatic rings. The fourth-order valence-electron chi connectivity index (χ4n) is 2.46. The number of anilines is 1. The smallest absolute Gasteiger partial charge is 0.293 e. The summed E-state index contributed by atoms with van der Waals surface area (Å²) in [4.78, 5) is 16.2. The summed E-state index contributed by atoms with van der Waals surface area (Å²) in [6.07, 6.45) is 3.36. The fourth-order valence-corrected chi connectivity index (χ4v) is 2.46. The predicted molar refractivity (Wildman–Crippen MR) is 78.5 cm³/mol. The molecule has 0 bridgehead atoms. The maximum Gasteiger partial charge on any atom is 0.293 e. The average Bonchev–Trinajstić information content (AvgIpc) is 2.93.